The van der Waals surface area contributed by atoms with Gasteiger partial charge in [0.05, 0.1) is 22.5 Å². The smallest absolute Gasteiger partial charge is 0.312 e. The van der Waals surface area contributed by atoms with E-state index in [0.717, 1.165) is 30.1 Å². The molecule has 0 aliphatic carbocycles. The molecule has 0 saturated carbocycles. The van der Waals surface area contributed by atoms with E-state index < -0.39 is 12.1 Å². The van der Waals surface area contributed by atoms with Gasteiger partial charge in [0.2, 0.25) is 5.91 Å². The van der Waals surface area contributed by atoms with Gasteiger partial charge in [-0.3, -0.25) is 4.79 Å². The molecule has 3 N–H and O–H groups in total. The van der Waals surface area contributed by atoms with Crippen molar-refractivity contribution >= 4 is 46.5 Å². The van der Waals surface area contributed by atoms with E-state index in [9.17, 15) is 9.59 Å². The number of halogens is 2. The first kappa shape index (κ1) is 22.9. The van der Waals surface area contributed by atoms with Crippen LogP contribution in [0.25, 0.3) is 0 Å². The summed E-state index contributed by atoms with van der Waals surface area (Å²) in [5.41, 5.74) is 6.25. The molecule has 1 fully saturated rings. The van der Waals surface area contributed by atoms with Crippen molar-refractivity contribution in [3.63, 3.8) is 0 Å². The number of likely N-dealkylation sites (tertiary alicyclic amines) is 1. The molecule has 1 aliphatic heterocycles. The average Bonchev–Trinajstić information content (AvgIpc) is 3.41. The molecule has 1 aromatic heterocycles. The number of nitrogens with zero attached hydrogens (tertiary/aromatic N) is 2. The topological polar surface area (TPSA) is 78.7 Å². The Hall–Kier alpha value is -1.80. The Balaban J connectivity index is 1.73. The molecule has 0 spiro atoms. The maximum Gasteiger partial charge on any atom is 0.312 e. The zero-order valence-corrected chi connectivity index (χ0v) is 19.0. The predicted octanol–water partition coefficient (Wildman–Crippen LogP) is 4.28. The lowest BCUT2D eigenvalue weighted by atomic mass is 10.1. The number of hydrogen-bond donors (Lipinski definition) is 2. The number of urea groups is 1. The molecular weight excluding hydrogens is 443 g/mol. The normalized spacial score (nSPS) is 15.1. The molecule has 3 amide bonds. The third kappa shape index (κ3) is 6.60. The first-order valence-electron chi connectivity index (χ1n) is 9.96. The van der Waals surface area contributed by atoms with Crippen LogP contribution >= 0.6 is 34.5 Å². The van der Waals surface area contributed by atoms with Crippen molar-refractivity contribution in [3.8, 4) is 0 Å². The Morgan fingerprint density at radius 2 is 1.97 bits per heavy atom. The molecule has 1 unspecified atom stereocenters. The van der Waals surface area contributed by atoms with Gasteiger partial charge in [0.25, 0.3) is 0 Å². The Morgan fingerprint density at radius 1 is 1.20 bits per heavy atom. The van der Waals surface area contributed by atoms with E-state index >= 15 is 0 Å². The van der Waals surface area contributed by atoms with Crippen LogP contribution in [0.2, 0.25) is 10.0 Å². The number of carbonyl (C=O) groups is 2. The highest BCUT2D eigenvalue weighted by molar-refractivity contribution is 7.10. The lowest BCUT2D eigenvalue weighted by molar-refractivity contribution is -0.132. The van der Waals surface area contributed by atoms with E-state index in [4.69, 9.17) is 28.9 Å². The Morgan fingerprint density at radius 3 is 2.60 bits per heavy atom. The third-order valence-electron chi connectivity index (χ3n) is 5.18. The summed E-state index contributed by atoms with van der Waals surface area (Å²) in [5.74, 6) is -0.0487. The molecule has 9 heteroatoms. The predicted molar refractivity (Wildman–Crippen MR) is 122 cm³/mol. The molecule has 1 aromatic carbocycles. The summed E-state index contributed by atoms with van der Waals surface area (Å²) in [6, 6.07) is 8.10. The lowest BCUT2D eigenvalue weighted by Crippen LogP contribution is -2.40. The molecule has 162 valence electrons. The van der Waals surface area contributed by atoms with Crippen molar-refractivity contribution in [1.29, 1.82) is 0 Å². The van der Waals surface area contributed by atoms with Gasteiger partial charge in [-0.25, -0.2) is 4.79 Å². The first-order valence-corrected chi connectivity index (χ1v) is 11.6. The molecule has 3 rings (SSSR count). The number of nitrogens with one attached hydrogen (secondary N) is 1. The summed E-state index contributed by atoms with van der Waals surface area (Å²) >= 11 is 13.7. The van der Waals surface area contributed by atoms with Crippen LogP contribution in [0.5, 0.6) is 0 Å². The second-order valence-electron chi connectivity index (χ2n) is 7.39. The van der Waals surface area contributed by atoms with Gasteiger partial charge >= 0.3 is 6.03 Å². The van der Waals surface area contributed by atoms with Gasteiger partial charge in [0, 0.05) is 24.5 Å². The van der Waals surface area contributed by atoms with Crippen LogP contribution in [0.1, 0.15) is 35.7 Å². The maximum absolute atomic E-state index is 13.3. The van der Waals surface area contributed by atoms with Gasteiger partial charge in [0.1, 0.15) is 0 Å². The average molecular weight is 469 g/mol. The summed E-state index contributed by atoms with van der Waals surface area (Å²) in [6.07, 6.45) is 2.54. The summed E-state index contributed by atoms with van der Waals surface area (Å²) in [5, 5.41) is 5.56. The van der Waals surface area contributed by atoms with Crippen molar-refractivity contribution in [2.24, 2.45) is 5.73 Å². The van der Waals surface area contributed by atoms with Gasteiger partial charge in [-0.15, -0.1) is 11.3 Å². The highest BCUT2D eigenvalue weighted by Gasteiger charge is 2.23. The summed E-state index contributed by atoms with van der Waals surface area (Å²) in [6.45, 7) is 3.98. The van der Waals surface area contributed by atoms with Crippen LogP contribution in [0.3, 0.4) is 0 Å². The zero-order chi connectivity index (χ0) is 21.5. The van der Waals surface area contributed by atoms with E-state index in [0.29, 0.717) is 23.1 Å². The standard InChI is InChI=1S/C21H26Cl2N4O2S/c22-16-6-5-15(12-17(16)23)14-27(10-9-26-7-1-2-8-26)20(28)13-18(25-21(24)29)19-4-3-11-30-19/h3-6,11-12,18H,1-2,7-10,13-14H2,(H3,24,25,29). The largest absolute Gasteiger partial charge is 0.352 e. The van der Waals surface area contributed by atoms with Crippen LogP contribution in [-0.2, 0) is 11.3 Å². The van der Waals surface area contributed by atoms with E-state index in [1.807, 2.05) is 28.5 Å². The summed E-state index contributed by atoms with van der Waals surface area (Å²) < 4.78 is 0. The van der Waals surface area contributed by atoms with Crippen molar-refractivity contribution in [2.45, 2.75) is 31.8 Å². The van der Waals surface area contributed by atoms with Crippen molar-refractivity contribution in [1.82, 2.24) is 15.1 Å². The monoisotopic (exact) mass is 468 g/mol. The molecule has 1 saturated heterocycles. The summed E-state index contributed by atoms with van der Waals surface area (Å²) in [4.78, 5) is 29.8. The van der Waals surface area contributed by atoms with E-state index in [-0.39, 0.29) is 12.3 Å². The molecular formula is C21H26Cl2N4O2S. The number of carbonyl (C=O) groups excluding carboxylic acids is 2. The number of hydrogen-bond acceptors (Lipinski definition) is 4. The number of amides is 3. The first-order chi connectivity index (χ1) is 14.4. The quantitative estimate of drug-likeness (QED) is 0.576. The fraction of sp³-hybridized carbons (Fsp3) is 0.429. The zero-order valence-electron chi connectivity index (χ0n) is 16.7. The number of benzene rings is 1. The van der Waals surface area contributed by atoms with E-state index in [1.54, 1.807) is 12.1 Å². The van der Waals surface area contributed by atoms with Crippen molar-refractivity contribution in [3.05, 3.63) is 56.2 Å². The lowest BCUT2D eigenvalue weighted by Gasteiger charge is -2.27. The maximum atomic E-state index is 13.3. The van der Waals surface area contributed by atoms with Gasteiger partial charge in [-0.05, 0) is 55.1 Å². The van der Waals surface area contributed by atoms with Crippen LogP contribution in [0.4, 0.5) is 4.79 Å². The Kier molecular flexibility index (Phi) is 8.39. The van der Waals surface area contributed by atoms with Crippen LogP contribution in [-0.4, -0.2) is 47.9 Å². The Labute approximate surface area is 190 Å². The van der Waals surface area contributed by atoms with Gasteiger partial charge in [-0.2, -0.15) is 0 Å². The summed E-state index contributed by atoms with van der Waals surface area (Å²) in [7, 11) is 0. The Bertz CT molecular complexity index is 857. The SMILES string of the molecule is NC(=O)NC(CC(=O)N(CCN1CCCC1)Cc1ccc(Cl)c(Cl)c1)c1cccs1. The van der Waals surface area contributed by atoms with Crippen molar-refractivity contribution in [2.75, 3.05) is 26.2 Å². The molecule has 6 nitrogen and oxygen atoms in total. The van der Waals surface area contributed by atoms with Crippen LogP contribution < -0.4 is 11.1 Å². The van der Waals surface area contributed by atoms with E-state index in [2.05, 4.69) is 10.2 Å². The molecule has 2 heterocycles. The third-order valence-corrected chi connectivity index (χ3v) is 6.90. The minimum Gasteiger partial charge on any atom is -0.352 e. The van der Waals surface area contributed by atoms with Crippen molar-refractivity contribution < 1.29 is 9.59 Å². The molecule has 1 atom stereocenters. The highest BCUT2D eigenvalue weighted by Crippen LogP contribution is 2.25. The van der Waals surface area contributed by atoms with Crippen LogP contribution in [0.15, 0.2) is 35.7 Å². The van der Waals surface area contributed by atoms with E-state index in [1.165, 1.54) is 24.2 Å². The molecule has 0 radical (unpaired) electrons. The van der Waals surface area contributed by atoms with Gasteiger partial charge in [0.15, 0.2) is 0 Å². The van der Waals surface area contributed by atoms with Gasteiger partial charge in [-0.1, -0.05) is 35.3 Å². The number of primary amides is 1. The molecule has 30 heavy (non-hydrogen) atoms. The molecule has 0 bridgehead atoms. The fourth-order valence-electron chi connectivity index (χ4n) is 3.61. The number of thiophene rings is 1. The minimum absolute atomic E-state index is 0.0487. The molecule has 1 aliphatic rings. The molecule has 2 aromatic rings. The highest BCUT2D eigenvalue weighted by atomic mass is 35.5. The number of nitrogens with two attached hydrogens (primary N) is 1. The fourth-order valence-corrected chi connectivity index (χ4v) is 4.71. The second-order valence-corrected chi connectivity index (χ2v) is 9.19. The van der Waals surface area contributed by atoms with Crippen LogP contribution in [0, 0.1) is 0 Å². The number of rotatable bonds is 9. The second kappa shape index (κ2) is 11.0. The van der Waals surface area contributed by atoms with Gasteiger partial charge < -0.3 is 20.9 Å². The minimum atomic E-state index is -0.644.